The third kappa shape index (κ3) is 3.04. The van der Waals surface area contributed by atoms with Crippen molar-refractivity contribution in [2.24, 2.45) is 0 Å². The summed E-state index contributed by atoms with van der Waals surface area (Å²) in [6.07, 6.45) is -0.0868. The number of benzene rings is 1. The van der Waals surface area contributed by atoms with Gasteiger partial charge in [0.2, 0.25) is 0 Å². The molecule has 1 nitrogen and oxygen atoms in total. The molecule has 0 fully saturated rings. The molecule has 1 atom stereocenters. The predicted molar refractivity (Wildman–Crippen MR) is 58.7 cm³/mol. The van der Waals surface area contributed by atoms with E-state index in [0.29, 0.717) is 18.4 Å². The van der Waals surface area contributed by atoms with Crippen LogP contribution in [0, 0.1) is 30.4 Å². The maximum Gasteiger partial charge on any atom is 0.131 e. The first kappa shape index (κ1) is 12.7. The van der Waals surface area contributed by atoms with Gasteiger partial charge < -0.3 is 5.11 Å². The first-order chi connectivity index (χ1) is 7.56. The summed E-state index contributed by atoms with van der Waals surface area (Å²) in [6.45, 7) is 3.24. The predicted octanol–water partition coefficient (Wildman–Crippen LogP) is 3.11. The first-order valence-corrected chi connectivity index (χ1v) is 5.09. The van der Waals surface area contributed by atoms with Crippen LogP contribution in [0.2, 0.25) is 0 Å². The number of aliphatic hydroxyl groups excluding tert-OH is 1. The van der Waals surface area contributed by atoms with E-state index in [9.17, 15) is 13.9 Å². The van der Waals surface area contributed by atoms with Crippen LogP contribution in [-0.4, -0.2) is 5.11 Å². The quantitative estimate of drug-likeness (QED) is 0.782. The van der Waals surface area contributed by atoms with Gasteiger partial charge in [-0.3, -0.25) is 0 Å². The summed E-state index contributed by atoms with van der Waals surface area (Å²) >= 11 is 0. The van der Waals surface area contributed by atoms with Gasteiger partial charge in [0.15, 0.2) is 0 Å². The van der Waals surface area contributed by atoms with Crippen molar-refractivity contribution in [3.63, 3.8) is 0 Å². The van der Waals surface area contributed by atoms with Gasteiger partial charge in [-0.15, -0.1) is 11.8 Å². The fourth-order valence-electron chi connectivity index (χ4n) is 1.42. The molecule has 0 bridgehead atoms. The van der Waals surface area contributed by atoms with Gasteiger partial charge in [-0.2, -0.15) is 0 Å². The van der Waals surface area contributed by atoms with Crippen LogP contribution in [-0.2, 0) is 0 Å². The van der Waals surface area contributed by atoms with E-state index >= 15 is 0 Å². The molecule has 0 aromatic heterocycles. The van der Waals surface area contributed by atoms with Gasteiger partial charge >= 0.3 is 0 Å². The molecular weight excluding hydrogens is 210 g/mol. The molecule has 1 rings (SSSR count). The van der Waals surface area contributed by atoms with Crippen molar-refractivity contribution in [2.45, 2.75) is 32.8 Å². The highest BCUT2D eigenvalue weighted by atomic mass is 19.1. The Morgan fingerprint density at radius 1 is 1.31 bits per heavy atom. The molecule has 16 heavy (non-hydrogen) atoms. The molecule has 1 aromatic rings. The second kappa shape index (κ2) is 5.62. The van der Waals surface area contributed by atoms with E-state index in [-0.39, 0.29) is 5.56 Å². The lowest BCUT2D eigenvalue weighted by Crippen LogP contribution is -2.02. The molecule has 0 aliphatic heterocycles. The van der Waals surface area contributed by atoms with E-state index in [2.05, 4.69) is 11.8 Å². The van der Waals surface area contributed by atoms with Crippen molar-refractivity contribution in [2.75, 3.05) is 0 Å². The normalized spacial score (nSPS) is 11.8. The van der Waals surface area contributed by atoms with Crippen molar-refractivity contribution < 1.29 is 13.9 Å². The Kier molecular flexibility index (Phi) is 4.45. The van der Waals surface area contributed by atoms with Crippen LogP contribution in [0.3, 0.4) is 0 Å². The lowest BCUT2D eigenvalue weighted by atomic mass is 10.0. The monoisotopic (exact) mass is 224 g/mol. The summed E-state index contributed by atoms with van der Waals surface area (Å²) in [7, 11) is 0. The van der Waals surface area contributed by atoms with Crippen LogP contribution in [0.25, 0.3) is 0 Å². The topological polar surface area (TPSA) is 20.2 Å². The number of aryl methyl sites for hydroxylation is 1. The fourth-order valence-corrected chi connectivity index (χ4v) is 1.42. The Morgan fingerprint density at radius 3 is 2.62 bits per heavy atom. The number of halogens is 2. The molecule has 1 aromatic carbocycles. The summed E-state index contributed by atoms with van der Waals surface area (Å²) < 4.78 is 26.3. The largest absolute Gasteiger partial charge is 0.388 e. The van der Waals surface area contributed by atoms with E-state index in [1.165, 1.54) is 13.0 Å². The zero-order valence-corrected chi connectivity index (χ0v) is 9.35. The van der Waals surface area contributed by atoms with Crippen molar-refractivity contribution >= 4 is 0 Å². The summed E-state index contributed by atoms with van der Waals surface area (Å²) in [4.78, 5) is 0. The van der Waals surface area contributed by atoms with Crippen LogP contribution < -0.4 is 0 Å². The molecule has 1 unspecified atom stereocenters. The van der Waals surface area contributed by atoms with Gasteiger partial charge in [-0.25, -0.2) is 8.78 Å². The summed E-state index contributed by atoms with van der Waals surface area (Å²) in [5, 5.41) is 9.71. The minimum absolute atomic E-state index is 0.136. The molecular formula is C13H14F2O. The zero-order chi connectivity index (χ0) is 12.1. The van der Waals surface area contributed by atoms with Crippen LogP contribution >= 0.6 is 0 Å². The molecule has 1 N–H and O–H groups in total. The number of rotatable bonds is 3. The van der Waals surface area contributed by atoms with E-state index < -0.39 is 17.7 Å². The molecule has 0 aliphatic rings. The van der Waals surface area contributed by atoms with Gasteiger partial charge in [0.1, 0.15) is 11.6 Å². The van der Waals surface area contributed by atoms with Crippen molar-refractivity contribution in [3.8, 4) is 11.8 Å². The van der Waals surface area contributed by atoms with Crippen LogP contribution in [0.5, 0.6) is 0 Å². The average Bonchev–Trinajstić information content (AvgIpc) is 2.23. The van der Waals surface area contributed by atoms with E-state index in [1.807, 2.05) is 0 Å². The van der Waals surface area contributed by atoms with Crippen molar-refractivity contribution in [1.29, 1.82) is 0 Å². The zero-order valence-electron chi connectivity index (χ0n) is 9.35. The summed E-state index contributed by atoms with van der Waals surface area (Å²) in [5.74, 6) is 4.18. The molecule has 0 spiro atoms. The minimum Gasteiger partial charge on any atom is -0.388 e. The van der Waals surface area contributed by atoms with Crippen LogP contribution in [0.15, 0.2) is 12.1 Å². The SMILES string of the molecule is CC#CCCC(O)c1cc(C)c(F)cc1F. The molecule has 0 aliphatic carbocycles. The van der Waals surface area contributed by atoms with Gasteiger partial charge in [-0.1, -0.05) is 0 Å². The van der Waals surface area contributed by atoms with Crippen molar-refractivity contribution in [1.82, 2.24) is 0 Å². The molecule has 0 saturated heterocycles. The molecule has 0 heterocycles. The van der Waals surface area contributed by atoms with E-state index in [0.717, 1.165) is 6.07 Å². The minimum atomic E-state index is -0.930. The van der Waals surface area contributed by atoms with Gasteiger partial charge in [0.25, 0.3) is 0 Å². The Bertz CT molecular complexity index is 430. The molecule has 86 valence electrons. The van der Waals surface area contributed by atoms with Crippen molar-refractivity contribution in [3.05, 3.63) is 34.9 Å². The second-order valence-corrected chi connectivity index (χ2v) is 3.60. The highest BCUT2D eigenvalue weighted by molar-refractivity contribution is 5.27. The van der Waals surface area contributed by atoms with Gasteiger partial charge in [0, 0.05) is 18.1 Å². The molecule has 0 radical (unpaired) electrons. The average molecular weight is 224 g/mol. The smallest absolute Gasteiger partial charge is 0.131 e. The van der Waals surface area contributed by atoms with E-state index in [4.69, 9.17) is 0 Å². The summed E-state index contributed by atoms with van der Waals surface area (Å²) in [6, 6.07) is 2.15. The lowest BCUT2D eigenvalue weighted by Gasteiger charge is -2.11. The number of hydrogen-bond acceptors (Lipinski definition) is 1. The number of aliphatic hydroxyl groups is 1. The Balaban J connectivity index is 2.85. The third-order valence-electron chi connectivity index (χ3n) is 2.36. The fraction of sp³-hybridized carbons (Fsp3) is 0.385. The Labute approximate surface area is 94.1 Å². The highest BCUT2D eigenvalue weighted by Crippen LogP contribution is 2.23. The summed E-state index contributed by atoms with van der Waals surface area (Å²) in [5.41, 5.74) is 0.467. The van der Waals surface area contributed by atoms with E-state index in [1.54, 1.807) is 6.92 Å². The Hall–Kier alpha value is -1.40. The second-order valence-electron chi connectivity index (χ2n) is 3.60. The maximum atomic E-state index is 13.4. The first-order valence-electron chi connectivity index (χ1n) is 5.09. The van der Waals surface area contributed by atoms with Crippen LogP contribution in [0.1, 0.15) is 37.0 Å². The van der Waals surface area contributed by atoms with Crippen LogP contribution in [0.4, 0.5) is 8.78 Å². The Morgan fingerprint density at radius 2 is 2.00 bits per heavy atom. The van der Waals surface area contributed by atoms with Gasteiger partial charge in [-0.05, 0) is 31.9 Å². The number of hydrogen-bond donors (Lipinski definition) is 1. The van der Waals surface area contributed by atoms with Gasteiger partial charge in [0.05, 0.1) is 6.10 Å². The highest BCUT2D eigenvalue weighted by Gasteiger charge is 2.14. The third-order valence-corrected chi connectivity index (χ3v) is 2.36. The molecule has 0 saturated carbocycles. The molecule has 0 amide bonds. The lowest BCUT2D eigenvalue weighted by molar-refractivity contribution is 0.164. The maximum absolute atomic E-state index is 13.4. The standard InChI is InChI=1S/C13H14F2O/c1-3-4-5-6-13(16)10-7-9(2)11(14)8-12(10)15/h7-8,13,16H,5-6H2,1-2H3. The molecule has 3 heteroatoms.